The molecule has 1 aliphatic rings. The molecular weight excluding hydrogens is 278 g/mol. The molecule has 0 saturated heterocycles. The van der Waals surface area contributed by atoms with Gasteiger partial charge in [-0.3, -0.25) is 14.6 Å². The molecule has 0 fully saturated rings. The number of benzene rings is 1. The van der Waals surface area contributed by atoms with Crippen LogP contribution in [0.5, 0.6) is 0 Å². The van der Waals surface area contributed by atoms with Gasteiger partial charge >= 0.3 is 0 Å². The summed E-state index contributed by atoms with van der Waals surface area (Å²) < 4.78 is 0. The van der Waals surface area contributed by atoms with Crippen molar-refractivity contribution in [3.8, 4) is 0 Å². The molecule has 0 radical (unpaired) electrons. The Kier molecular flexibility index (Phi) is 3.41. The number of carbonyl (C=O) groups is 2. The lowest BCUT2D eigenvalue weighted by molar-refractivity contribution is -0.117. The van der Waals surface area contributed by atoms with Gasteiger partial charge in [0.25, 0.3) is 5.91 Å². The van der Waals surface area contributed by atoms with Crippen molar-refractivity contribution in [1.82, 2.24) is 4.98 Å². The van der Waals surface area contributed by atoms with Crippen LogP contribution in [0.1, 0.15) is 36.2 Å². The second-order valence-electron chi connectivity index (χ2n) is 6.07. The highest BCUT2D eigenvalue weighted by molar-refractivity contribution is 6.04. The predicted octanol–water partition coefficient (Wildman–Crippen LogP) is 2.95. The molecule has 3 rings (SSSR count). The highest BCUT2D eigenvalue weighted by Crippen LogP contribution is 2.38. The van der Waals surface area contributed by atoms with Gasteiger partial charge in [0.15, 0.2) is 0 Å². The Morgan fingerprint density at radius 3 is 2.86 bits per heavy atom. The summed E-state index contributed by atoms with van der Waals surface area (Å²) >= 11 is 0. The van der Waals surface area contributed by atoms with Gasteiger partial charge in [-0.2, -0.15) is 0 Å². The smallest absolute Gasteiger partial charge is 0.257 e. The molecule has 1 aromatic heterocycles. The minimum atomic E-state index is -0.257. The molecule has 0 unspecified atom stereocenters. The Hall–Kier alpha value is -2.69. The van der Waals surface area contributed by atoms with Crippen molar-refractivity contribution in [2.75, 3.05) is 10.6 Å². The fourth-order valence-electron chi connectivity index (χ4n) is 2.68. The van der Waals surface area contributed by atoms with Crippen molar-refractivity contribution >= 4 is 23.2 Å². The number of nitrogens with one attached hydrogen (secondary N) is 2. The Bertz CT molecular complexity index is 739. The van der Waals surface area contributed by atoms with Gasteiger partial charge < -0.3 is 10.6 Å². The molecule has 0 aliphatic carbocycles. The number of aromatic nitrogens is 1. The molecule has 0 spiro atoms. The zero-order valence-electron chi connectivity index (χ0n) is 12.5. The second-order valence-corrected chi connectivity index (χ2v) is 6.07. The first-order valence-corrected chi connectivity index (χ1v) is 7.11. The van der Waals surface area contributed by atoms with Crippen molar-refractivity contribution < 1.29 is 9.59 Å². The quantitative estimate of drug-likeness (QED) is 0.894. The summed E-state index contributed by atoms with van der Waals surface area (Å²) in [5.41, 5.74) is 2.79. The lowest BCUT2D eigenvalue weighted by Gasteiger charge is -2.32. The van der Waals surface area contributed by atoms with E-state index in [-0.39, 0.29) is 17.2 Å². The SMILES string of the molecule is CC1(C)CC(=O)Nc2ccc(NC(=O)c3cccnc3)cc21. The highest BCUT2D eigenvalue weighted by Gasteiger charge is 2.32. The first kappa shape index (κ1) is 14.3. The molecule has 2 N–H and O–H groups in total. The molecule has 1 aliphatic heterocycles. The van der Waals surface area contributed by atoms with Crippen molar-refractivity contribution in [2.45, 2.75) is 25.7 Å². The number of fused-ring (bicyclic) bond motifs is 1. The van der Waals surface area contributed by atoms with Gasteiger partial charge in [-0.05, 0) is 35.9 Å². The molecule has 22 heavy (non-hydrogen) atoms. The average molecular weight is 295 g/mol. The van der Waals surface area contributed by atoms with E-state index in [4.69, 9.17) is 0 Å². The van der Waals surface area contributed by atoms with Crippen LogP contribution in [-0.2, 0) is 10.2 Å². The molecule has 2 aromatic rings. The molecular formula is C17H17N3O2. The molecule has 0 bridgehead atoms. The summed E-state index contributed by atoms with van der Waals surface area (Å²) in [5.74, 6) is -0.185. The van der Waals surface area contributed by atoms with Gasteiger partial charge in [-0.1, -0.05) is 13.8 Å². The standard InChI is InChI=1S/C17H17N3O2/c1-17(2)9-15(21)20-14-6-5-12(8-13(14)17)19-16(22)11-4-3-7-18-10-11/h3-8,10H,9H2,1-2H3,(H,19,22)(H,20,21). The fourth-order valence-corrected chi connectivity index (χ4v) is 2.68. The largest absolute Gasteiger partial charge is 0.326 e. The normalized spacial score (nSPS) is 15.6. The molecule has 2 amide bonds. The molecule has 112 valence electrons. The predicted molar refractivity (Wildman–Crippen MR) is 84.9 cm³/mol. The van der Waals surface area contributed by atoms with E-state index < -0.39 is 0 Å². The Morgan fingerprint density at radius 2 is 2.14 bits per heavy atom. The van der Waals surface area contributed by atoms with Gasteiger partial charge in [0.1, 0.15) is 0 Å². The summed E-state index contributed by atoms with van der Waals surface area (Å²) in [6.07, 6.45) is 3.58. The summed E-state index contributed by atoms with van der Waals surface area (Å²) in [6, 6.07) is 8.97. The van der Waals surface area contributed by atoms with E-state index in [0.29, 0.717) is 17.7 Å². The number of carbonyl (C=O) groups excluding carboxylic acids is 2. The number of hydrogen-bond donors (Lipinski definition) is 2. The van der Waals surface area contributed by atoms with Gasteiger partial charge in [0, 0.05) is 35.6 Å². The number of rotatable bonds is 2. The average Bonchev–Trinajstić information content (AvgIpc) is 2.48. The number of pyridine rings is 1. The van der Waals surface area contributed by atoms with Crippen molar-refractivity contribution in [3.63, 3.8) is 0 Å². The van der Waals surface area contributed by atoms with Crippen LogP contribution in [0.3, 0.4) is 0 Å². The Morgan fingerprint density at radius 1 is 1.32 bits per heavy atom. The minimum Gasteiger partial charge on any atom is -0.326 e. The molecule has 5 heteroatoms. The molecule has 2 heterocycles. The Balaban J connectivity index is 1.88. The summed E-state index contributed by atoms with van der Waals surface area (Å²) in [7, 11) is 0. The maximum absolute atomic E-state index is 12.2. The maximum atomic E-state index is 12.2. The summed E-state index contributed by atoms with van der Waals surface area (Å²) in [4.78, 5) is 27.8. The van der Waals surface area contributed by atoms with Gasteiger partial charge in [0.05, 0.1) is 5.56 Å². The van der Waals surface area contributed by atoms with Crippen molar-refractivity contribution in [3.05, 3.63) is 53.9 Å². The lowest BCUT2D eigenvalue weighted by Crippen LogP contribution is -2.32. The van der Waals surface area contributed by atoms with E-state index in [1.54, 1.807) is 24.4 Å². The molecule has 0 saturated carbocycles. The number of nitrogens with zero attached hydrogens (tertiary/aromatic N) is 1. The van der Waals surface area contributed by atoms with Crippen LogP contribution in [-0.4, -0.2) is 16.8 Å². The first-order chi connectivity index (χ1) is 10.5. The van der Waals surface area contributed by atoms with E-state index in [2.05, 4.69) is 15.6 Å². The third-order valence-electron chi connectivity index (χ3n) is 3.81. The van der Waals surface area contributed by atoms with E-state index in [9.17, 15) is 9.59 Å². The number of amides is 2. The van der Waals surface area contributed by atoms with E-state index in [0.717, 1.165) is 11.3 Å². The first-order valence-electron chi connectivity index (χ1n) is 7.11. The van der Waals surface area contributed by atoms with Gasteiger partial charge in [-0.15, -0.1) is 0 Å². The van der Waals surface area contributed by atoms with Gasteiger partial charge in [0.2, 0.25) is 5.91 Å². The van der Waals surface area contributed by atoms with Crippen LogP contribution in [0, 0.1) is 0 Å². The number of hydrogen-bond acceptors (Lipinski definition) is 3. The van der Waals surface area contributed by atoms with E-state index in [1.165, 1.54) is 6.20 Å². The van der Waals surface area contributed by atoms with Crippen LogP contribution in [0.2, 0.25) is 0 Å². The topological polar surface area (TPSA) is 71.1 Å². The minimum absolute atomic E-state index is 0.0182. The molecule has 1 aromatic carbocycles. The van der Waals surface area contributed by atoms with Crippen molar-refractivity contribution in [2.24, 2.45) is 0 Å². The third-order valence-corrected chi connectivity index (χ3v) is 3.81. The number of anilines is 2. The van der Waals surface area contributed by atoms with Crippen LogP contribution >= 0.6 is 0 Å². The zero-order valence-corrected chi connectivity index (χ0v) is 12.5. The van der Waals surface area contributed by atoms with E-state index >= 15 is 0 Å². The maximum Gasteiger partial charge on any atom is 0.257 e. The van der Waals surface area contributed by atoms with Crippen LogP contribution in [0.15, 0.2) is 42.7 Å². The van der Waals surface area contributed by atoms with Crippen LogP contribution in [0.25, 0.3) is 0 Å². The van der Waals surface area contributed by atoms with Crippen LogP contribution < -0.4 is 10.6 Å². The summed E-state index contributed by atoms with van der Waals surface area (Å²) in [5, 5.41) is 5.73. The zero-order chi connectivity index (χ0) is 15.7. The van der Waals surface area contributed by atoms with Crippen LogP contribution in [0.4, 0.5) is 11.4 Å². The summed E-state index contributed by atoms with van der Waals surface area (Å²) in [6.45, 7) is 4.05. The monoisotopic (exact) mass is 295 g/mol. The Labute approximate surface area is 128 Å². The van der Waals surface area contributed by atoms with Crippen molar-refractivity contribution in [1.29, 1.82) is 0 Å². The second kappa shape index (κ2) is 5.26. The van der Waals surface area contributed by atoms with Gasteiger partial charge in [-0.25, -0.2) is 0 Å². The fraction of sp³-hybridized carbons (Fsp3) is 0.235. The third kappa shape index (κ3) is 2.70. The lowest BCUT2D eigenvalue weighted by atomic mass is 9.78. The van der Waals surface area contributed by atoms with E-state index in [1.807, 2.05) is 26.0 Å². The molecule has 0 atom stereocenters. The molecule has 5 nitrogen and oxygen atoms in total. The highest BCUT2D eigenvalue weighted by atomic mass is 16.2.